The summed E-state index contributed by atoms with van der Waals surface area (Å²) in [5.41, 5.74) is 1.72. The molecule has 0 spiro atoms. The van der Waals surface area contributed by atoms with Crippen LogP contribution in [0.5, 0.6) is 0 Å². The molecule has 1 N–H and O–H groups in total. The topological polar surface area (TPSA) is 37.8 Å². The van der Waals surface area contributed by atoms with Crippen molar-refractivity contribution in [3.8, 4) is 11.3 Å². The molecule has 2 aromatic rings. The molecule has 1 aromatic carbocycles. The molecule has 0 fully saturated rings. The van der Waals surface area contributed by atoms with Gasteiger partial charge in [-0.3, -0.25) is 0 Å². The second-order valence-electron chi connectivity index (χ2n) is 4.35. The van der Waals surface area contributed by atoms with E-state index in [1.807, 2.05) is 6.92 Å². The van der Waals surface area contributed by atoms with Gasteiger partial charge in [-0.2, -0.15) is 0 Å². The largest absolute Gasteiger partial charge is 0.370 e. The standard InChI is InChI=1S/C14H14BrClFN3/c1-3-6-18-14-8(2)13(19-7-20-14)9-4-5-10(15)11(16)12(9)17/h4-5,7H,3,6H2,1-2H3,(H,18,19,20). The summed E-state index contributed by atoms with van der Waals surface area (Å²) in [6.07, 6.45) is 2.41. The lowest BCUT2D eigenvalue weighted by molar-refractivity contribution is 0.630. The van der Waals surface area contributed by atoms with E-state index in [0.29, 0.717) is 15.7 Å². The van der Waals surface area contributed by atoms with Gasteiger partial charge in [0.1, 0.15) is 12.1 Å². The van der Waals surface area contributed by atoms with Gasteiger partial charge in [-0.1, -0.05) is 18.5 Å². The Morgan fingerprint density at radius 3 is 2.80 bits per heavy atom. The van der Waals surface area contributed by atoms with Crippen molar-refractivity contribution >= 4 is 33.3 Å². The Bertz CT molecular complexity index is 634. The molecule has 0 saturated carbocycles. The van der Waals surface area contributed by atoms with Gasteiger partial charge in [-0.05, 0) is 41.4 Å². The molecule has 3 nitrogen and oxygen atoms in total. The first-order valence-electron chi connectivity index (χ1n) is 6.25. The lowest BCUT2D eigenvalue weighted by atomic mass is 10.1. The zero-order chi connectivity index (χ0) is 14.7. The van der Waals surface area contributed by atoms with Crippen LogP contribution in [-0.2, 0) is 0 Å². The molecule has 106 valence electrons. The predicted octanol–water partition coefficient (Wildman–Crippen LogP) is 4.83. The summed E-state index contributed by atoms with van der Waals surface area (Å²) in [6.45, 7) is 4.74. The molecule has 0 atom stereocenters. The summed E-state index contributed by atoms with van der Waals surface area (Å²) in [7, 11) is 0. The lowest BCUT2D eigenvalue weighted by Gasteiger charge is -2.12. The molecule has 0 unspecified atom stereocenters. The van der Waals surface area contributed by atoms with E-state index < -0.39 is 5.82 Å². The Kier molecular flexibility index (Phi) is 4.94. The van der Waals surface area contributed by atoms with Crippen molar-refractivity contribution < 1.29 is 4.39 Å². The third kappa shape index (κ3) is 2.94. The maximum atomic E-state index is 14.3. The highest BCUT2D eigenvalue weighted by Gasteiger charge is 2.16. The fourth-order valence-electron chi connectivity index (χ4n) is 1.85. The zero-order valence-corrected chi connectivity index (χ0v) is 13.5. The fourth-order valence-corrected chi connectivity index (χ4v) is 2.32. The van der Waals surface area contributed by atoms with Gasteiger partial charge in [-0.15, -0.1) is 0 Å². The lowest BCUT2D eigenvalue weighted by Crippen LogP contribution is -2.06. The van der Waals surface area contributed by atoms with Crippen molar-refractivity contribution in [2.24, 2.45) is 0 Å². The van der Waals surface area contributed by atoms with Crippen LogP contribution in [0.2, 0.25) is 5.02 Å². The van der Waals surface area contributed by atoms with Crippen molar-refractivity contribution in [2.45, 2.75) is 20.3 Å². The summed E-state index contributed by atoms with van der Waals surface area (Å²) in [5, 5.41) is 3.26. The number of hydrogen-bond donors (Lipinski definition) is 1. The Hall–Kier alpha value is -1.20. The van der Waals surface area contributed by atoms with Crippen molar-refractivity contribution in [1.29, 1.82) is 0 Å². The minimum absolute atomic E-state index is 0.0589. The zero-order valence-electron chi connectivity index (χ0n) is 11.2. The molecular weight excluding hydrogens is 345 g/mol. The van der Waals surface area contributed by atoms with Crippen LogP contribution in [0.1, 0.15) is 18.9 Å². The molecule has 20 heavy (non-hydrogen) atoms. The van der Waals surface area contributed by atoms with Gasteiger partial charge >= 0.3 is 0 Å². The van der Waals surface area contributed by atoms with E-state index in [1.165, 1.54) is 6.33 Å². The number of benzene rings is 1. The van der Waals surface area contributed by atoms with Gasteiger partial charge in [0.2, 0.25) is 0 Å². The van der Waals surface area contributed by atoms with Crippen molar-refractivity contribution in [3.63, 3.8) is 0 Å². The second kappa shape index (κ2) is 6.50. The summed E-state index contributed by atoms with van der Waals surface area (Å²) < 4.78 is 14.8. The fraction of sp³-hybridized carbons (Fsp3) is 0.286. The molecule has 0 aliphatic heterocycles. The molecule has 2 rings (SSSR count). The monoisotopic (exact) mass is 357 g/mol. The normalized spacial score (nSPS) is 10.7. The van der Waals surface area contributed by atoms with Crippen molar-refractivity contribution in [2.75, 3.05) is 11.9 Å². The molecule has 0 aliphatic carbocycles. The Morgan fingerprint density at radius 2 is 2.10 bits per heavy atom. The van der Waals surface area contributed by atoms with Crippen LogP contribution in [0.25, 0.3) is 11.3 Å². The predicted molar refractivity (Wildman–Crippen MR) is 83.7 cm³/mol. The van der Waals surface area contributed by atoms with E-state index in [0.717, 1.165) is 24.3 Å². The van der Waals surface area contributed by atoms with E-state index in [-0.39, 0.29) is 5.02 Å². The molecule has 0 radical (unpaired) electrons. The number of nitrogens with zero attached hydrogens (tertiary/aromatic N) is 2. The molecule has 1 heterocycles. The average Bonchev–Trinajstić information content (AvgIpc) is 2.45. The van der Waals surface area contributed by atoms with Crippen LogP contribution in [0.3, 0.4) is 0 Å². The number of nitrogens with one attached hydrogen (secondary N) is 1. The average molecular weight is 359 g/mol. The van der Waals surface area contributed by atoms with Crippen LogP contribution >= 0.6 is 27.5 Å². The highest BCUT2D eigenvalue weighted by atomic mass is 79.9. The van der Waals surface area contributed by atoms with E-state index in [4.69, 9.17) is 11.6 Å². The van der Waals surface area contributed by atoms with E-state index >= 15 is 0 Å². The molecule has 0 saturated heterocycles. The second-order valence-corrected chi connectivity index (χ2v) is 5.58. The SMILES string of the molecule is CCCNc1ncnc(-c2ccc(Br)c(Cl)c2F)c1C. The third-order valence-electron chi connectivity index (χ3n) is 2.92. The summed E-state index contributed by atoms with van der Waals surface area (Å²) in [5.74, 6) is 0.236. The minimum atomic E-state index is -0.482. The van der Waals surface area contributed by atoms with Crippen LogP contribution in [0, 0.1) is 12.7 Å². The van der Waals surface area contributed by atoms with Gasteiger partial charge < -0.3 is 5.32 Å². The maximum Gasteiger partial charge on any atom is 0.152 e. The van der Waals surface area contributed by atoms with Gasteiger partial charge in [0.15, 0.2) is 5.82 Å². The molecule has 0 amide bonds. The van der Waals surface area contributed by atoms with E-state index in [9.17, 15) is 4.39 Å². The quantitative estimate of drug-likeness (QED) is 0.796. The van der Waals surface area contributed by atoms with Crippen LogP contribution in [-0.4, -0.2) is 16.5 Å². The van der Waals surface area contributed by atoms with E-state index in [2.05, 4.69) is 38.1 Å². The first kappa shape index (κ1) is 15.2. The first-order valence-corrected chi connectivity index (χ1v) is 7.42. The van der Waals surface area contributed by atoms with Gasteiger partial charge in [0.25, 0.3) is 0 Å². The number of hydrogen-bond acceptors (Lipinski definition) is 3. The summed E-state index contributed by atoms with van der Waals surface area (Å²) >= 11 is 9.13. The van der Waals surface area contributed by atoms with Gasteiger partial charge in [0.05, 0.1) is 10.7 Å². The number of halogens is 3. The molecule has 6 heteroatoms. The number of aromatic nitrogens is 2. The molecular formula is C14H14BrClFN3. The van der Waals surface area contributed by atoms with Crippen LogP contribution in [0.4, 0.5) is 10.2 Å². The highest BCUT2D eigenvalue weighted by molar-refractivity contribution is 9.10. The van der Waals surface area contributed by atoms with E-state index in [1.54, 1.807) is 12.1 Å². The number of rotatable bonds is 4. The van der Waals surface area contributed by atoms with Crippen LogP contribution < -0.4 is 5.32 Å². The van der Waals surface area contributed by atoms with Crippen LogP contribution in [0.15, 0.2) is 22.9 Å². The highest BCUT2D eigenvalue weighted by Crippen LogP contribution is 2.34. The maximum absolute atomic E-state index is 14.3. The van der Waals surface area contributed by atoms with Crippen molar-refractivity contribution in [3.05, 3.63) is 39.3 Å². The molecule has 0 aliphatic rings. The van der Waals surface area contributed by atoms with Crippen molar-refractivity contribution in [1.82, 2.24) is 9.97 Å². The summed E-state index contributed by atoms with van der Waals surface area (Å²) in [4.78, 5) is 8.37. The first-order chi connectivity index (χ1) is 9.56. The van der Waals surface area contributed by atoms with Gasteiger partial charge in [-0.25, -0.2) is 14.4 Å². The summed E-state index contributed by atoms with van der Waals surface area (Å²) in [6, 6.07) is 3.37. The van der Waals surface area contributed by atoms with Gasteiger partial charge in [0, 0.05) is 22.1 Å². The third-order valence-corrected chi connectivity index (χ3v) is 4.18. The number of anilines is 1. The molecule has 1 aromatic heterocycles. The minimum Gasteiger partial charge on any atom is -0.370 e. The molecule has 0 bridgehead atoms. The smallest absolute Gasteiger partial charge is 0.152 e. The Labute approximate surface area is 130 Å². The Balaban J connectivity index is 2.51. The Morgan fingerprint density at radius 1 is 1.35 bits per heavy atom.